The predicted octanol–water partition coefficient (Wildman–Crippen LogP) is 0.468. The molecule has 2 N–H and O–H groups in total. The van der Waals surface area contributed by atoms with Gasteiger partial charge in [-0.3, -0.25) is 9.78 Å². The highest BCUT2D eigenvalue weighted by Gasteiger charge is 2.07. The van der Waals surface area contributed by atoms with Crippen LogP contribution in [0, 0.1) is 11.8 Å². The van der Waals surface area contributed by atoms with Crippen LogP contribution in [-0.2, 0) is 0 Å². The highest BCUT2D eigenvalue weighted by molar-refractivity contribution is 6.04. The van der Waals surface area contributed by atoms with Crippen LogP contribution in [0.5, 0.6) is 0 Å². The molecule has 2 aromatic heterocycles. The fourth-order valence-corrected chi connectivity index (χ4v) is 1.34. The van der Waals surface area contributed by atoms with Gasteiger partial charge in [-0.05, 0) is 6.07 Å². The molecule has 0 aromatic carbocycles. The molecule has 6 nitrogen and oxygen atoms in total. The van der Waals surface area contributed by atoms with E-state index in [0.29, 0.717) is 16.8 Å². The first-order valence-corrected chi connectivity index (χ1v) is 5.41. The topological polar surface area (TPSA) is 88.0 Å². The van der Waals surface area contributed by atoms with Crippen molar-refractivity contribution in [1.29, 1.82) is 0 Å². The van der Waals surface area contributed by atoms with Gasteiger partial charge in [0, 0.05) is 18.0 Å². The van der Waals surface area contributed by atoms with Gasteiger partial charge in [0.2, 0.25) is 0 Å². The first kappa shape index (κ1) is 12.7. The Morgan fingerprint density at radius 3 is 2.74 bits per heavy atom. The van der Waals surface area contributed by atoms with E-state index in [0.717, 1.165) is 0 Å². The predicted molar refractivity (Wildman–Crippen MR) is 68.2 cm³/mol. The van der Waals surface area contributed by atoms with Gasteiger partial charge in [-0.15, -0.1) is 0 Å². The summed E-state index contributed by atoms with van der Waals surface area (Å²) in [5.74, 6) is 4.86. The fourth-order valence-electron chi connectivity index (χ4n) is 1.34. The lowest BCUT2D eigenvalue weighted by molar-refractivity contribution is 0.102. The molecular weight excluding hydrogens is 244 g/mol. The van der Waals surface area contributed by atoms with E-state index >= 15 is 0 Å². The van der Waals surface area contributed by atoms with Crippen molar-refractivity contribution in [2.24, 2.45) is 0 Å². The highest BCUT2D eigenvalue weighted by Crippen LogP contribution is 2.06. The zero-order chi connectivity index (χ0) is 13.5. The maximum atomic E-state index is 11.9. The number of carbonyl (C=O) groups excluding carboxylic acids is 1. The van der Waals surface area contributed by atoms with Crippen LogP contribution < -0.4 is 5.32 Å². The number of hydrogen-bond acceptors (Lipinski definition) is 5. The Labute approximate surface area is 109 Å². The van der Waals surface area contributed by atoms with Crippen molar-refractivity contribution in [3.8, 4) is 11.8 Å². The Bertz CT molecular complexity index is 632. The summed E-state index contributed by atoms with van der Waals surface area (Å²) in [6, 6.07) is 1.59. The normalized spacial score (nSPS) is 9.32. The molecule has 0 saturated carbocycles. The molecule has 0 aliphatic rings. The van der Waals surface area contributed by atoms with E-state index in [1.165, 1.54) is 31.1 Å². The summed E-state index contributed by atoms with van der Waals surface area (Å²) in [5, 5.41) is 11.3. The van der Waals surface area contributed by atoms with Crippen LogP contribution in [0.25, 0.3) is 0 Å². The number of carbonyl (C=O) groups is 1. The van der Waals surface area contributed by atoms with Gasteiger partial charge in [0.25, 0.3) is 5.91 Å². The summed E-state index contributed by atoms with van der Waals surface area (Å²) < 4.78 is 0. The Kier molecular flexibility index (Phi) is 4.16. The third-order valence-electron chi connectivity index (χ3n) is 2.13. The first-order chi connectivity index (χ1) is 9.29. The van der Waals surface area contributed by atoms with Gasteiger partial charge in [0.05, 0.1) is 23.6 Å². The molecule has 0 fully saturated rings. The SMILES string of the molecule is O=C(Nc1cncnc1)c1cncc(C#CCO)c1. The number of aliphatic hydroxyl groups excluding tert-OH is 1. The van der Waals surface area contributed by atoms with Crippen LogP contribution in [0.4, 0.5) is 5.69 Å². The van der Waals surface area contributed by atoms with Gasteiger partial charge in [0.1, 0.15) is 12.9 Å². The molecule has 6 heteroatoms. The molecule has 0 atom stereocenters. The molecule has 94 valence electrons. The molecule has 0 bridgehead atoms. The quantitative estimate of drug-likeness (QED) is 0.760. The number of anilines is 1. The maximum Gasteiger partial charge on any atom is 0.257 e. The van der Waals surface area contributed by atoms with Gasteiger partial charge in [0.15, 0.2) is 0 Å². The number of amides is 1. The van der Waals surface area contributed by atoms with Crippen molar-refractivity contribution in [2.45, 2.75) is 0 Å². The molecule has 2 heterocycles. The van der Waals surface area contributed by atoms with E-state index in [-0.39, 0.29) is 12.5 Å². The summed E-state index contributed by atoms with van der Waals surface area (Å²) in [4.78, 5) is 23.5. The lowest BCUT2D eigenvalue weighted by atomic mass is 10.2. The Morgan fingerprint density at radius 1 is 1.21 bits per heavy atom. The minimum absolute atomic E-state index is 0.238. The second kappa shape index (κ2) is 6.23. The minimum atomic E-state index is -0.324. The lowest BCUT2D eigenvalue weighted by Crippen LogP contribution is -2.12. The van der Waals surface area contributed by atoms with Gasteiger partial charge in [-0.2, -0.15) is 0 Å². The van der Waals surface area contributed by atoms with Crippen molar-refractivity contribution in [3.05, 3.63) is 48.3 Å². The number of nitrogens with one attached hydrogen (secondary N) is 1. The van der Waals surface area contributed by atoms with Crippen LogP contribution in [0.3, 0.4) is 0 Å². The molecule has 0 saturated heterocycles. The van der Waals surface area contributed by atoms with E-state index in [1.807, 2.05) is 0 Å². The third kappa shape index (κ3) is 3.59. The number of hydrogen-bond donors (Lipinski definition) is 2. The molecular formula is C13H10N4O2. The van der Waals surface area contributed by atoms with E-state index in [1.54, 1.807) is 6.07 Å². The zero-order valence-corrected chi connectivity index (χ0v) is 9.87. The average Bonchev–Trinajstić information content (AvgIpc) is 2.46. The van der Waals surface area contributed by atoms with E-state index in [9.17, 15) is 4.79 Å². The minimum Gasteiger partial charge on any atom is -0.384 e. The van der Waals surface area contributed by atoms with Gasteiger partial charge in [-0.25, -0.2) is 9.97 Å². The molecule has 1 amide bonds. The van der Waals surface area contributed by atoms with Crippen molar-refractivity contribution >= 4 is 11.6 Å². The van der Waals surface area contributed by atoms with Crippen molar-refractivity contribution in [3.63, 3.8) is 0 Å². The number of aromatic nitrogens is 3. The van der Waals surface area contributed by atoms with E-state index in [4.69, 9.17) is 5.11 Å². The zero-order valence-electron chi connectivity index (χ0n) is 9.87. The molecule has 19 heavy (non-hydrogen) atoms. The summed E-state index contributed by atoms with van der Waals surface area (Å²) in [6.45, 7) is -0.238. The van der Waals surface area contributed by atoms with Gasteiger partial charge >= 0.3 is 0 Å². The van der Waals surface area contributed by atoms with Crippen LogP contribution in [0.1, 0.15) is 15.9 Å². The maximum absolute atomic E-state index is 11.9. The molecule has 0 spiro atoms. The molecule has 0 aliphatic heterocycles. The Balaban J connectivity index is 2.15. The largest absolute Gasteiger partial charge is 0.384 e. The highest BCUT2D eigenvalue weighted by atomic mass is 16.2. The van der Waals surface area contributed by atoms with Gasteiger partial charge < -0.3 is 10.4 Å². The summed E-state index contributed by atoms with van der Waals surface area (Å²) in [7, 11) is 0. The average molecular weight is 254 g/mol. The summed E-state index contributed by atoms with van der Waals surface area (Å²) in [5.41, 5.74) is 1.43. The van der Waals surface area contributed by atoms with Crippen LogP contribution in [0.15, 0.2) is 37.2 Å². The van der Waals surface area contributed by atoms with Gasteiger partial charge in [-0.1, -0.05) is 11.8 Å². The molecule has 2 aromatic rings. The second-order valence-electron chi connectivity index (χ2n) is 3.50. The lowest BCUT2D eigenvalue weighted by Gasteiger charge is -2.03. The number of pyridine rings is 1. The Hall–Kier alpha value is -2.78. The fraction of sp³-hybridized carbons (Fsp3) is 0.0769. The number of nitrogens with zero attached hydrogens (tertiary/aromatic N) is 3. The second-order valence-corrected chi connectivity index (χ2v) is 3.50. The standard InChI is InChI=1S/C13H10N4O2/c18-3-1-2-10-4-11(6-14-5-10)13(19)17-12-7-15-9-16-8-12/h4-9,18H,3H2,(H,17,19). The van der Waals surface area contributed by atoms with Crippen molar-refractivity contribution < 1.29 is 9.90 Å². The third-order valence-corrected chi connectivity index (χ3v) is 2.13. The van der Waals surface area contributed by atoms with Crippen molar-refractivity contribution in [2.75, 3.05) is 11.9 Å². The van der Waals surface area contributed by atoms with Crippen LogP contribution in [-0.4, -0.2) is 32.6 Å². The molecule has 2 rings (SSSR count). The molecule has 0 radical (unpaired) electrons. The monoisotopic (exact) mass is 254 g/mol. The van der Waals surface area contributed by atoms with Crippen LogP contribution in [0.2, 0.25) is 0 Å². The summed E-state index contributed by atoms with van der Waals surface area (Å²) in [6.07, 6.45) is 7.32. The molecule has 0 aliphatic carbocycles. The van der Waals surface area contributed by atoms with Crippen LogP contribution >= 0.6 is 0 Å². The van der Waals surface area contributed by atoms with E-state index < -0.39 is 0 Å². The van der Waals surface area contributed by atoms with Crippen molar-refractivity contribution in [1.82, 2.24) is 15.0 Å². The molecule has 0 unspecified atom stereocenters. The summed E-state index contributed by atoms with van der Waals surface area (Å²) >= 11 is 0. The number of rotatable bonds is 2. The first-order valence-electron chi connectivity index (χ1n) is 5.41. The number of aliphatic hydroxyl groups is 1. The Morgan fingerprint density at radius 2 is 2.00 bits per heavy atom. The smallest absolute Gasteiger partial charge is 0.257 e. The van der Waals surface area contributed by atoms with E-state index in [2.05, 4.69) is 32.1 Å².